The van der Waals surface area contributed by atoms with Crippen LogP contribution in [-0.2, 0) is 0 Å². The second-order valence-corrected chi connectivity index (χ2v) is 7.93. The molecule has 2 aromatic carbocycles. The predicted molar refractivity (Wildman–Crippen MR) is 117 cm³/mol. The molecule has 27 heavy (non-hydrogen) atoms. The Morgan fingerprint density at radius 3 is 1.93 bits per heavy atom. The average Bonchev–Trinajstić information content (AvgIpc) is 2.72. The van der Waals surface area contributed by atoms with Crippen molar-refractivity contribution in [2.24, 2.45) is 16.1 Å². The van der Waals surface area contributed by atoms with Crippen molar-refractivity contribution in [1.82, 2.24) is 0 Å². The molecular weight excluding hydrogens is 328 g/mol. The van der Waals surface area contributed by atoms with Crippen molar-refractivity contribution in [2.75, 3.05) is 0 Å². The van der Waals surface area contributed by atoms with Gasteiger partial charge in [-0.2, -0.15) is 10.2 Å². The Balaban J connectivity index is 1.49. The Hall–Kier alpha value is -2.22. The van der Waals surface area contributed by atoms with E-state index < -0.39 is 0 Å². The van der Waals surface area contributed by atoms with E-state index in [1.54, 1.807) is 6.21 Å². The number of rotatable bonds is 7. The molecule has 0 amide bonds. The Labute approximate surface area is 164 Å². The van der Waals surface area contributed by atoms with Crippen LogP contribution in [0.15, 0.2) is 58.7 Å². The van der Waals surface area contributed by atoms with Crippen LogP contribution in [0, 0.1) is 12.8 Å². The molecule has 2 heteroatoms. The van der Waals surface area contributed by atoms with Gasteiger partial charge in [0.15, 0.2) is 0 Å². The Morgan fingerprint density at radius 1 is 0.815 bits per heavy atom. The lowest BCUT2D eigenvalue weighted by Crippen LogP contribution is -2.13. The molecule has 0 N–H and O–H groups in total. The minimum Gasteiger partial charge on any atom is -0.159 e. The van der Waals surface area contributed by atoms with E-state index in [0.717, 1.165) is 23.0 Å². The Kier molecular flexibility index (Phi) is 7.38. The number of nitrogens with zero attached hydrogens (tertiary/aromatic N) is 2. The summed E-state index contributed by atoms with van der Waals surface area (Å²) in [6.07, 6.45) is 13.3. The minimum atomic E-state index is 0.744. The largest absolute Gasteiger partial charge is 0.159 e. The van der Waals surface area contributed by atoms with Crippen molar-refractivity contribution in [2.45, 2.75) is 64.7 Å². The molecule has 142 valence electrons. The molecule has 1 aliphatic carbocycles. The van der Waals surface area contributed by atoms with Crippen molar-refractivity contribution in [3.8, 4) is 0 Å². The number of hydrogen-bond acceptors (Lipinski definition) is 2. The van der Waals surface area contributed by atoms with Crippen molar-refractivity contribution < 1.29 is 0 Å². The van der Waals surface area contributed by atoms with Crippen LogP contribution >= 0.6 is 0 Å². The molecule has 0 radical (unpaired) electrons. The Morgan fingerprint density at radius 2 is 1.37 bits per heavy atom. The summed E-state index contributed by atoms with van der Waals surface area (Å²) in [6.45, 7) is 4.38. The summed E-state index contributed by atoms with van der Waals surface area (Å²) in [5.74, 6) is 1.72. The smallest absolute Gasteiger partial charge is 0.0568 e. The van der Waals surface area contributed by atoms with Gasteiger partial charge in [-0.3, -0.25) is 0 Å². The third kappa shape index (κ3) is 6.16. The zero-order chi connectivity index (χ0) is 18.9. The molecule has 0 heterocycles. The summed E-state index contributed by atoms with van der Waals surface area (Å²) in [7, 11) is 0. The molecule has 0 atom stereocenters. The first-order valence-electron chi connectivity index (χ1n) is 10.5. The van der Waals surface area contributed by atoms with Crippen molar-refractivity contribution in [3.05, 3.63) is 70.8 Å². The first kappa shape index (κ1) is 19.5. The molecule has 2 nitrogen and oxygen atoms in total. The van der Waals surface area contributed by atoms with E-state index in [1.807, 2.05) is 6.21 Å². The predicted octanol–water partition coefficient (Wildman–Crippen LogP) is 6.91. The van der Waals surface area contributed by atoms with E-state index >= 15 is 0 Å². The first-order valence-corrected chi connectivity index (χ1v) is 10.5. The van der Waals surface area contributed by atoms with Gasteiger partial charge in [-0.15, -0.1) is 0 Å². The molecule has 0 aliphatic heterocycles. The van der Waals surface area contributed by atoms with Crippen LogP contribution < -0.4 is 0 Å². The summed E-state index contributed by atoms with van der Waals surface area (Å²) in [4.78, 5) is 0. The van der Waals surface area contributed by atoms with Gasteiger partial charge >= 0.3 is 0 Å². The molecule has 0 bridgehead atoms. The lowest BCUT2D eigenvalue weighted by molar-refractivity contribution is 0.304. The normalized spacial score (nSPS) is 20.5. The highest BCUT2D eigenvalue weighted by molar-refractivity contribution is 5.82. The topological polar surface area (TPSA) is 24.7 Å². The average molecular weight is 361 g/mol. The molecule has 3 rings (SSSR count). The summed E-state index contributed by atoms with van der Waals surface area (Å²) < 4.78 is 0. The second kappa shape index (κ2) is 10.2. The molecule has 1 fully saturated rings. The maximum absolute atomic E-state index is 4.18. The van der Waals surface area contributed by atoms with E-state index in [4.69, 9.17) is 0 Å². The van der Waals surface area contributed by atoms with Gasteiger partial charge < -0.3 is 0 Å². The fraction of sp³-hybridized carbons (Fsp3) is 0.440. The van der Waals surface area contributed by atoms with Gasteiger partial charge in [0, 0.05) is 0 Å². The number of benzene rings is 2. The van der Waals surface area contributed by atoms with Gasteiger partial charge in [0.25, 0.3) is 0 Å². The summed E-state index contributed by atoms with van der Waals surface area (Å²) in [5, 5.41) is 8.34. The highest BCUT2D eigenvalue weighted by Crippen LogP contribution is 2.37. The summed E-state index contributed by atoms with van der Waals surface area (Å²) in [5.41, 5.74) is 4.92. The van der Waals surface area contributed by atoms with Crippen molar-refractivity contribution in [3.63, 3.8) is 0 Å². The maximum Gasteiger partial charge on any atom is 0.0568 e. The summed E-state index contributed by atoms with van der Waals surface area (Å²) >= 11 is 0. The number of aryl methyl sites for hydroxylation is 1. The highest BCUT2D eigenvalue weighted by Gasteiger charge is 2.21. The standard InChI is InChI=1S/C25H32N2/c1-3-4-5-21-10-14-24(15-11-21)25-16-12-23(13-17-25)19-27-26-18-22-8-6-20(2)7-9-22/h6-9,12-13,16-19,21,24H,3-5,10-11,14-15H2,1-2H3/b26-18+,27-19+. The van der Waals surface area contributed by atoms with Gasteiger partial charge in [-0.05, 0) is 61.1 Å². The van der Waals surface area contributed by atoms with Gasteiger partial charge in [-0.25, -0.2) is 0 Å². The monoisotopic (exact) mass is 360 g/mol. The zero-order valence-electron chi connectivity index (χ0n) is 16.8. The second-order valence-electron chi connectivity index (χ2n) is 7.93. The molecule has 0 spiro atoms. The van der Waals surface area contributed by atoms with Gasteiger partial charge in [0.2, 0.25) is 0 Å². The fourth-order valence-electron chi connectivity index (χ4n) is 3.98. The fourth-order valence-corrected chi connectivity index (χ4v) is 3.98. The molecule has 0 aromatic heterocycles. The van der Waals surface area contributed by atoms with Crippen LogP contribution in [0.4, 0.5) is 0 Å². The molecule has 1 aliphatic rings. The summed E-state index contributed by atoms with van der Waals surface area (Å²) in [6, 6.07) is 17.2. The number of hydrogen-bond donors (Lipinski definition) is 0. The third-order valence-corrected chi connectivity index (χ3v) is 5.78. The third-order valence-electron chi connectivity index (χ3n) is 5.78. The van der Waals surface area contributed by atoms with Gasteiger partial charge in [-0.1, -0.05) is 80.3 Å². The highest BCUT2D eigenvalue weighted by atomic mass is 15.2. The quantitative estimate of drug-likeness (QED) is 0.378. The number of unbranched alkanes of at least 4 members (excludes halogenated alkanes) is 1. The van der Waals surface area contributed by atoms with Crippen LogP contribution in [-0.4, -0.2) is 12.4 Å². The van der Waals surface area contributed by atoms with E-state index in [9.17, 15) is 0 Å². The first-order chi connectivity index (χ1) is 13.2. The minimum absolute atomic E-state index is 0.744. The zero-order valence-corrected chi connectivity index (χ0v) is 16.8. The van der Waals surface area contributed by atoms with Gasteiger partial charge in [0.1, 0.15) is 0 Å². The van der Waals surface area contributed by atoms with E-state index in [-0.39, 0.29) is 0 Å². The van der Waals surface area contributed by atoms with Gasteiger partial charge in [0.05, 0.1) is 12.4 Å². The van der Waals surface area contributed by atoms with Crippen LogP contribution in [0.1, 0.15) is 80.0 Å². The van der Waals surface area contributed by atoms with E-state index in [2.05, 4.69) is 72.6 Å². The van der Waals surface area contributed by atoms with Crippen LogP contribution in [0.2, 0.25) is 0 Å². The lowest BCUT2D eigenvalue weighted by atomic mass is 9.77. The molecule has 0 unspecified atom stereocenters. The Bertz CT molecular complexity index is 733. The van der Waals surface area contributed by atoms with Crippen LogP contribution in [0.25, 0.3) is 0 Å². The molecule has 2 aromatic rings. The van der Waals surface area contributed by atoms with Crippen molar-refractivity contribution >= 4 is 12.4 Å². The molecular formula is C25H32N2. The van der Waals surface area contributed by atoms with Crippen LogP contribution in [0.3, 0.4) is 0 Å². The SMILES string of the molecule is CCCCC1CCC(c2ccc(/C=N/N=C/c3ccc(C)cc3)cc2)CC1. The lowest BCUT2D eigenvalue weighted by Gasteiger charge is -2.28. The van der Waals surface area contributed by atoms with Crippen molar-refractivity contribution in [1.29, 1.82) is 0 Å². The molecule has 1 saturated carbocycles. The van der Waals surface area contributed by atoms with E-state index in [1.165, 1.54) is 56.1 Å². The molecule has 0 saturated heterocycles. The maximum atomic E-state index is 4.18. The van der Waals surface area contributed by atoms with E-state index in [0.29, 0.717) is 0 Å². The van der Waals surface area contributed by atoms with Crippen LogP contribution in [0.5, 0.6) is 0 Å².